The number of sulfonamides is 1. The van der Waals surface area contributed by atoms with Crippen LogP contribution in [0.25, 0.3) is 11.3 Å². The van der Waals surface area contributed by atoms with Crippen molar-refractivity contribution in [3.05, 3.63) is 51.6 Å². The van der Waals surface area contributed by atoms with Gasteiger partial charge in [-0.15, -0.1) is 0 Å². The van der Waals surface area contributed by atoms with Crippen LogP contribution in [0.15, 0.2) is 34.8 Å². The third-order valence-corrected chi connectivity index (χ3v) is 15.1. The van der Waals surface area contributed by atoms with Gasteiger partial charge >= 0.3 is 5.97 Å². The zero-order chi connectivity index (χ0) is 28.7. The molecule has 38 heavy (non-hydrogen) atoms. The van der Waals surface area contributed by atoms with Gasteiger partial charge in [0.1, 0.15) is 5.69 Å². The number of halogens is 1. The average molecular weight is 626 g/mol. The maximum absolute atomic E-state index is 13.9. The first-order chi connectivity index (χ1) is 17.4. The molecule has 1 aliphatic rings. The molecule has 1 atom stereocenters. The summed E-state index contributed by atoms with van der Waals surface area (Å²) < 4.78 is 40.9. The molecule has 2 heterocycles. The Morgan fingerprint density at radius 3 is 2.37 bits per heavy atom. The number of aromatic nitrogens is 1. The number of carbonyl (C=O) groups is 1. The van der Waals surface area contributed by atoms with Crippen LogP contribution in [0, 0.1) is 0 Å². The van der Waals surface area contributed by atoms with Crippen LogP contribution >= 0.6 is 15.9 Å². The van der Waals surface area contributed by atoms with Gasteiger partial charge in [0.25, 0.3) is 0 Å². The van der Waals surface area contributed by atoms with E-state index in [1.165, 1.54) is 0 Å². The summed E-state index contributed by atoms with van der Waals surface area (Å²) >= 11 is 3.54. The number of pyridine rings is 1. The number of fused-ring (bicyclic) bond motifs is 1. The van der Waals surface area contributed by atoms with Gasteiger partial charge in [0.2, 0.25) is 10.0 Å². The highest BCUT2D eigenvalue weighted by Gasteiger charge is 2.46. The highest BCUT2D eigenvalue weighted by molar-refractivity contribution is 9.10. The van der Waals surface area contributed by atoms with Crippen molar-refractivity contribution in [2.24, 2.45) is 0 Å². The molecular formula is C28H41BrN2O5SSi. The number of ether oxygens (including phenoxy) is 1. The fourth-order valence-corrected chi connectivity index (χ4v) is 7.25. The first kappa shape index (κ1) is 30.9. The maximum atomic E-state index is 13.9. The highest BCUT2D eigenvalue weighted by atomic mass is 79.9. The minimum atomic E-state index is -3.70. The summed E-state index contributed by atoms with van der Waals surface area (Å²) in [5, 5.41) is 0.0370. The summed E-state index contributed by atoms with van der Waals surface area (Å²) in [6, 6.07) is 8.89. The molecule has 2 aromatic rings. The van der Waals surface area contributed by atoms with Crippen LogP contribution in [0.1, 0.15) is 82.5 Å². The van der Waals surface area contributed by atoms with E-state index in [4.69, 9.17) is 14.1 Å². The van der Waals surface area contributed by atoms with E-state index in [9.17, 15) is 13.2 Å². The maximum Gasteiger partial charge on any atom is 0.356 e. The van der Waals surface area contributed by atoms with Gasteiger partial charge in [0.15, 0.2) is 8.32 Å². The van der Waals surface area contributed by atoms with Gasteiger partial charge in [0, 0.05) is 28.8 Å². The fourth-order valence-electron chi connectivity index (χ4n) is 4.23. The van der Waals surface area contributed by atoms with Gasteiger partial charge < -0.3 is 9.16 Å². The van der Waals surface area contributed by atoms with Crippen molar-refractivity contribution in [2.75, 3.05) is 13.2 Å². The van der Waals surface area contributed by atoms with Crippen molar-refractivity contribution >= 4 is 40.2 Å². The van der Waals surface area contributed by atoms with Crippen LogP contribution in [-0.4, -0.2) is 50.0 Å². The second-order valence-corrected chi connectivity index (χ2v) is 20.6. The molecule has 0 radical (unpaired) electrons. The Morgan fingerprint density at radius 1 is 1.16 bits per heavy atom. The van der Waals surface area contributed by atoms with Gasteiger partial charge in [-0.25, -0.2) is 18.2 Å². The van der Waals surface area contributed by atoms with Crippen molar-refractivity contribution in [1.82, 2.24) is 9.29 Å². The molecule has 0 amide bonds. The van der Waals surface area contributed by atoms with Gasteiger partial charge in [-0.05, 0) is 76.0 Å². The van der Waals surface area contributed by atoms with Gasteiger partial charge in [-0.1, -0.05) is 48.8 Å². The molecule has 210 valence electrons. The van der Waals surface area contributed by atoms with Gasteiger partial charge in [-0.2, -0.15) is 4.31 Å². The Bertz CT molecular complexity index is 1300. The minimum absolute atomic E-state index is 0.0370. The van der Waals surface area contributed by atoms with Crippen LogP contribution in [0.4, 0.5) is 0 Å². The van der Waals surface area contributed by atoms with E-state index >= 15 is 0 Å². The van der Waals surface area contributed by atoms with E-state index in [2.05, 4.69) is 49.8 Å². The lowest BCUT2D eigenvalue weighted by atomic mass is 9.96. The normalized spacial score (nSPS) is 16.9. The zero-order valence-electron chi connectivity index (χ0n) is 24.0. The number of hydrogen-bond acceptors (Lipinski definition) is 6. The first-order valence-corrected chi connectivity index (χ1v) is 18.2. The van der Waals surface area contributed by atoms with E-state index in [-0.39, 0.29) is 23.9 Å². The smallest absolute Gasteiger partial charge is 0.356 e. The largest absolute Gasteiger partial charge is 0.461 e. The zero-order valence-corrected chi connectivity index (χ0v) is 27.4. The molecule has 0 aliphatic carbocycles. The first-order valence-electron chi connectivity index (χ1n) is 13.0. The van der Waals surface area contributed by atoms with Crippen LogP contribution in [0.3, 0.4) is 0 Å². The molecule has 0 saturated heterocycles. The van der Waals surface area contributed by atoms with Crippen molar-refractivity contribution < 1.29 is 22.4 Å². The molecule has 0 unspecified atom stereocenters. The third-order valence-electron chi connectivity index (χ3n) is 7.48. The lowest BCUT2D eigenvalue weighted by Gasteiger charge is -2.37. The Hall–Kier alpha value is -1.59. The van der Waals surface area contributed by atoms with Crippen LogP contribution in [0.2, 0.25) is 18.1 Å². The van der Waals surface area contributed by atoms with E-state index in [0.717, 1.165) is 21.2 Å². The number of rotatable bonds is 8. The van der Waals surface area contributed by atoms with Gasteiger partial charge in [0.05, 0.1) is 23.1 Å². The molecule has 0 bridgehead atoms. The molecule has 1 aromatic heterocycles. The number of esters is 1. The second-order valence-electron chi connectivity index (χ2n) is 12.2. The fraction of sp³-hybridized carbons (Fsp3) is 0.571. The predicted octanol–water partition coefficient (Wildman–Crippen LogP) is 7.08. The number of hydrogen-bond donors (Lipinski definition) is 0. The molecule has 0 saturated carbocycles. The van der Waals surface area contributed by atoms with E-state index in [1.54, 1.807) is 38.1 Å². The van der Waals surface area contributed by atoms with Crippen LogP contribution < -0.4 is 0 Å². The lowest BCUT2D eigenvalue weighted by Crippen LogP contribution is -2.43. The summed E-state index contributed by atoms with van der Waals surface area (Å²) in [6.45, 7) is 18.6. The van der Waals surface area contributed by atoms with Crippen molar-refractivity contribution in [3.63, 3.8) is 0 Å². The van der Waals surface area contributed by atoms with E-state index in [0.29, 0.717) is 18.7 Å². The molecule has 0 spiro atoms. The molecule has 0 N–H and O–H groups in total. The Labute approximate surface area is 237 Å². The minimum Gasteiger partial charge on any atom is -0.461 e. The summed E-state index contributed by atoms with van der Waals surface area (Å²) in [6.07, 6.45) is 0.482. The third kappa shape index (κ3) is 6.25. The Kier molecular flexibility index (Phi) is 9.05. The Morgan fingerprint density at radius 2 is 1.82 bits per heavy atom. The molecule has 7 nitrogen and oxygen atoms in total. The molecule has 0 fully saturated rings. The second kappa shape index (κ2) is 11.1. The monoisotopic (exact) mass is 624 g/mol. The van der Waals surface area contributed by atoms with Crippen molar-refractivity contribution in [2.45, 2.75) is 90.4 Å². The highest BCUT2D eigenvalue weighted by Crippen LogP contribution is 2.46. The number of carbonyl (C=O) groups excluding carboxylic acids is 1. The molecule has 3 rings (SSSR count). The summed E-state index contributed by atoms with van der Waals surface area (Å²) in [4.78, 5) is 17.5. The van der Waals surface area contributed by atoms with E-state index in [1.807, 2.05) is 24.3 Å². The number of benzene rings is 1. The van der Waals surface area contributed by atoms with E-state index < -0.39 is 35.1 Å². The average Bonchev–Trinajstić information content (AvgIpc) is 3.16. The summed E-state index contributed by atoms with van der Waals surface area (Å²) in [7, 11) is -5.74. The van der Waals surface area contributed by atoms with Crippen LogP contribution in [0.5, 0.6) is 0 Å². The molecule has 1 aromatic carbocycles. The van der Waals surface area contributed by atoms with Gasteiger partial charge in [-0.3, -0.25) is 0 Å². The topological polar surface area (TPSA) is 85.8 Å². The Balaban J connectivity index is 2.18. The summed E-state index contributed by atoms with van der Waals surface area (Å²) in [5.74, 6) is -0.526. The van der Waals surface area contributed by atoms with Crippen molar-refractivity contribution in [1.29, 1.82) is 0 Å². The predicted molar refractivity (Wildman–Crippen MR) is 158 cm³/mol. The standard InChI is InChI=1S/C28H41BrN2O5SSi/c1-10-35-26(32)22-17-20-18-31(37(33,34)27(2,3)4)23(14-15-36-38(8,9)28(5,6)7)24(20)25(30-22)19-12-11-13-21(29)16-19/h11-13,16-17,23H,10,14-15,18H2,1-9H3/t23-/m1/s1. The SMILES string of the molecule is CCOC(=O)c1cc2c(c(-c3cccc(Br)c3)n1)[C@@H](CCO[Si](C)(C)C(C)(C)C)N(S(=O)(=O)C(C)(C)C)C2. The van der Waals surface area contributed by atoms with Crippen LogP contribution in [-0.2, 0) is 25.7 Å². The number of nitrogens with zero attached hydrogens (tertiary/aromatic N) is 2. The van der Waals surface area contributed by atoms with Crippen molar-refractivity contribution in [3.8, 4) is 11.3 Å². The molecule has 10 heteroatoms. The lowest BCUT2D eigenvalue weighted by molar-refractivity contribution is 0.0519. The summed E-state index contributed by atoms with van der Waals surface area (Å²) in [5.41, 5.74) is 3.15. The molecule has 1 aliphatic heterocycles. The molecular weight excluding hydrogens is 584 g/mol. The quantitative estimate of drug-likeness (QED) is 0.230.